The molecular weight excluding hydrogens is 541 g/mol. The fourth-order valence-corrected chi connectivity index (χ4v) is 8.28. The van der Waals surface area contributed by atoms with E-state index in [1.54, 1.807) is 48.4 Å². The number of benzene rings is 1. The number of rotatable bonds is 10. The SMILES string of the molecule is COc1cc2c(NS(=O)(=O)c3ccc(Sc4cccs4)s3)ncnc2cc1OCCN1CCOCC1. The zero-order valence-electron chi connectivity index (χ0n) is 19.4. The van der Waals surface area contributed by atoms with Crippen LogP contribution in [-0.4, -0.2) is 69.9 Å². The summed E-state index contributed by atoms with van der Waals surface area (Å²) < 4.78 is 48.0. The molecule has 0 amide bonds. The monoisotopic (exact) mass is 564 g/mol. The molecule has 0 unspecified atom stereocenters. The molecule has 4 heterocycles. The van der Waals surface area contributed by atoms with Crippen molar-refractivity contribution in [1.29, 1.82) is 0 Å². The second-order valence-electron chi connectivity index (χ2n) is 7.76. The molecule has 0 atom stereocenters. The van der Waals surface area contributed by atoms with Gasteiger partial charge in [-0.2, -0.15) is 0 Å². The van der Waals surface area contributed by atoms with Crippen molar-refractivity contribution in [2.45, 2.75) is 12.6 Å². The van der Waals surface area contributed by atoms with Crippen molar-refractivity contribution in [3.8, 4) is 11.5 Å². The second-order valence-corrected chi connectivity index (χ2v) is 13.3. The average Bonchev–Trinajstić information content (AvgIpc) is 3.57. The van der Waals surface area contributed by atoms with Crippen molar-refractivity contribution >= 4 is 61.2 Å². The Kier molecular flexibility index (Phi) is 7.93. The minimum Gasteiger partial charge on any atom is -0.493 e. The summed E-state index contributed by atoms with van der Waals surface area (Å²) >= 11 is 4.37. The van der Waals surface area contributed by atoms with Crippen LogP contribution in [0, 0.1) is 0 Å². The normalized spacial score (nSPS) is 14.7. The quantitative estimate of drug-likeness (QED) is 0.300. The molecule has 9 nitrogen and oxygen atoms in total. The van der Waals surface area contributed by atoms with Gasteiger partial charge < -0.3 is 14.2 Å². The Balaban J connectivity index is 1.33. The van der Waals surface area contributed by atoms with E-state index in [1.165, 1.54) is 17.7 Å². The minimum absolute atomic E-state index is 0.180. The Morgan fingerprint density at radius 2 is 2.00 bits per heavy atom. The summed E-state index contributed by atoms with van der Waals surface area (Å²) in [6.07, 6.45) is 1.33. The molecule has 5 rings (SSSR count). The number of hydrogen-bond donors (Lipinski definition) is 1. The number of anilines is 1. The van der Waals surface area contributed by atoms with E-state index in [2.05, 4.69) is 19.6 Å². The van der Waals surface area contributed by atoms with E-state index >= 15 is 0 Å². The van der Waals surface area contributed by atoms with Crippen LogP contribution in [0.3, 0.4) is 0 Å². The lowest BCUT2D eigenvalue weighted by atomic mass is 10.2. The largest absolute Gasteiger partial charge is 0.493 e. The number of nitrogens with zero attached hydrogens (tertiary/aromatic N) is 3. The van der Waals surface area contributed by atoms with E-state index in [4.69, 9.17) is 14.2 Å². The highest BCUT2D eigenvalue weighted by atomic mass is 32.3. The number of hydrogen-bond acceptors (Lipinski definition) is 11. The lowest BCUT2D eigenvalue weighted by molar-refractivity contribution is 0.0321. The maximum Gasteiger partial charge on any atom is 0.272 e. The van der Waals surface area contributed by atoms with Crippen LogP contribution in [0.1, 0.15) is 0 Å². The van der Waals surface area contributed by atoms with Gasteiger partial charge in [0, 0.05) is 31.1 Å². The Hall–Kier alpha value is -2.42. The van der Waals surface area contributed by atoms with Gasteiger partial charge in [0.2, 0.25) is 0 Å². The van der Waals surface area contributed by atoms with Gasteiger partial charge in [0.25, 0.3) is 10.0 Å². The van der Waals surface area contributed by atoms with Crippen molar-refractivity contribution in [2.75, 3.05) is 51.3 Å². The fourth-order valence-electron chi connectivity index (χ4n) is 3.63. The minimum atomic E-state index is -3.84. The van der Waals surface area contributed by atoms with Gasteiger partial charge in [-0.3, -0.25) is 9.62 Å². The zero-order chi connectivity index (χ0) is 25.0. The van der Waals surface area contributed by atoms with E-state index in [0.717, 1.165) is 41.3 Å². The smallest absolute Gasteiger partial charge is 0.272 e. The molecule has 1 fully saturated rings. The molecule has 4 aromatic rings. The number of nitrogens with one attached hydrogen (secondary N) is 1. The average molecular weight is 565 g/mol. The van der Waals surface area contributed by atoms with Crippen LogP contribution in [-0.2, 0) is 14.8 Å². The van der Waals surface area contributed by atoms with Crippen molar-refractivity contribution in [3.05, 3.63) is 48.1 Å². The van der Waals surface area contributed by atoms with E-state index in [-0.39, 0.29) is 10.0 Å². The number of ether oxygens (including phenoxy) is 3. The molecule has 1 saturated heterocycles. The second kappa shape index (κ2) is 11.3. The first-order valence-electron chi connectivity index (χ1n) is 11.1. The highest BCUT2D eigenvalue weighted by molar-refractivity contribution is 8.03. The molecule has 0 radical (unpaired) electrons. The molecule has 1 N–H and O–H groups in total. The molecular formula is C23H24N4O5S4. The van der Waals surface area contributed by atoms with Crippen LogP contribution < -0.4 is 14.2 Å². The van der Waals surface area contributed by atoms with Crippen LogP contribution in [0.5, 0.6) is 11.5 Å². The van der Waals surface area contributed by atoms with Gasteiger partial charge in [0.15, 0.2) is 17.3 Å². The van der Waals surface area contributed by atoms with Crippen molar-refractivity contribution in [2.24, 2.45) is 0 Å². The third-order valence-corrected chi connectivity index (χ3v) is 10.5. The molecule has 3 aromatic heterocycles. The number of sulfonamides is 1. The summed E-state index contributed by atoms with van der Waals surface area (Å²) in [5, 5.41) is 2.51. The predicted octanol–water partition coefficient (Wildman–Crippen LogP) is 4.42. The lowest BCUT2D eigenvalue weighted by Crippen LogP contribution is -2.38. The molecule has 0 bridgehead atoms. The summed E-state index contributed by atoms with van der Waals surface area (Å²) in [5.41, 5.74) is 0.546. The third-order valence-electron chi connectivity index (χ3n) is 5.44. The number of aromatic nitrogens is 2. The number of thiophene rings is 2. The van der Waals surface area contributed by atoms with Crippen LogP contribution >= 0.6 is 34.4 Å². The van der Waals surface area contributed by atoms with Gasteiger partial charge in [0.1, 0.15) is 17.1 Å². The van der Waals surface area contributed by atoms with Crippen LogP contribution in [0.25, 0.3) is 10.9 Å². The van der Waals surface area contributed by atoms with Gasteiger partial charge in [-0.1, -0.05) is 17.8 Å². The summed E-state index contributed by atoms with van der Waals surface area (Å²) in [5.74, 6) is 1.20. The molecule has 0 spiro atoms. The van der Waals surface area contributed by atoms with Crippen molar-refractivity contribution in [3.63, 3.8) is 0 Å². The first-order chi connectivity index (χ1) is 17.5. The topological polar surface area (TPSA) is 103 Å². The molecule has 1 aliphatic rings. The van der Waals surface area contributed by atoms with Gasteiger partial charge in [-0.05, 0) is 29.6 Å². The van der Waals surface area contributed by atoms with E-state index in [0.29, 0.717) is 29.0 Å². The highest BCUT2D eigenvalue weighted by Crippen LogP contribution is 2.38. The van der Waals surface area contributed by atoms with Gasteiger partial charge in [-0.15, -0.1) is 22.7 Å². The van der Waals surface area contributed by atoms with Crippen LogP contribution in [0.2, 0.25) is 0 Å². The standard InChI is InChI=1S/C23H24N4O5S4/c1-30-18-13-16-17(14-19(18)32-11-8-27-6-9-31-10-7-27)24-15-25-23(16)26-36(28,29)22-5-4-21(35-22)34-20-3-2-12-33-20/h2-5,12-15H,6-11H2,1H3,(H,24,25,26). The predicted molar refractivity (Wildman–Crippen MR) is 142 cm³/mol. The number of morpholine rings is 1. The molecule has 0 aliphatic carbocycles. The first-order valence-corrected chi connectivity index (χ1v) is 15.1. The molecule has 1 aliphatic heterocycles. The third kappa shape index (κ3) is 5.93. The van der Waals surface area contributed by atoms with Gasteiger partial charge >= 0.3 is 0 Å². The molecule has 1 aromatic carbocycles. The van der Waals surface area contributed by atoms with Crippen LogP contribution in [0.15, 0.2) is 60.7 Å². The van der Waals surface area contributed by atoms with Crippen molar-refractivity contribution in [1.82, 2.24) is 14.9 Å². The van der Waals surface area contributed by atoms with Crippen LogP contribution in [0.4, 0.5) is 5.82 Å². The summed E-state index contributed by atoms with van der Waals surface area (Å²) in [6, 6.07) is 10.8. The van der Waals surface area contributed by atoms with E-state index < -0.39 is 10.0 Å². The Morgan fingerprint density at radius 3 is 2.78 bits per heavy atom. The Morgan fingerprint density at radius 1 is 1.14 bits per heavy atom. The molecule has 36 heavy (non-hydrogen) atoms. The fraction of sp³-hybridized carbons (Fsp3) is 0.304. The Labute approximate surface area is 221 Å². The number of fused-ring (bicyclic) bond motifs is 1. The van der Waals surface area contributed by atoms with E-state index in [9.17, 15) is 8.42 Å². The summed E-state index contributed by atoms with van der Waals surface area (Å²) in [6.45, 7) is 4.48. The molecule has 13 heteroatoms. The first kappa shape index (κ1) is 25.2. The Bertz CT molecular complexity index is 1420. The van der Waals surface area contributed by atoms with Crippen molar-refractivity contribution < 1.29 is 22.6 Å². The lowest BCUT2D eigenvalue weighted by Gasteiger charge is -2.26. The summed E-state index contributed by atoms with van der Waals surface area (Å²) in [4.78, 5) is 10.8. The molecule has 0 saturated carbocycles. The summed E-state index contributed by atoms with van der Waals surface area (Å²) in [7, 11) is -2.29. The van der Waals surface area contributed by atoms with E-state index in [1.807, 2.05) is 23.6 Å². The zero-order valence-corrected chi connectivity index (χ0v) is 22.6. The maximum atomic E-state index is 13.1. The maximum absolute atomic E-state index is 13.1. The number of methoxy groups -OCH3 is 1. The van der Waals surface area contributed by atoms with Gasteiger partial charge in [0.05, 0.1) is 34.3 Å². The molecule has 190 valence electrons. The van der Waals surface area contributed by atoms with Gasteiger partial charge in [-0.25, -0.2) is 18.4 Å². The highest BCUT2D eigenvalue weighted by Gasteiger charge is 2.21.